The molecular weight excluding hydrogens is 519 g/mol. The molecule has 1 aromatic carbocycles. The first-order chi connectivity index (χ1) is 20.0. The molecule has 2 aromatic heterocycles. The molecule has 0 amide bonds. The van der Waals surface area contributed by atoms with Gasteiger partial charge in [0.05, 0.1) is 11.0 Å². The number of allylic oxidation sites excluding steroid dienone is 9. The molecule has 5 heteroatoms. The number of halogens is 1. The summed E-state index contributed by atoms with van der Waals surface area (Å²) in [5.74, 6) is 0.233. The van der Waals surface area contributed by atoms with Crippen molar-refractivity contribution in [1.29, 1.82) is 0 Å². The van der Waals surface area contributed by atoms with Crippen LogP contribution in [0.3, 0.4) is 0 Å². The van der Waals surface area contributed by atoms with Crippen molar-refractivity contribution in [1.82, 2.24) is 20.5 Å². The second kappa shape index (κ2) is 14.3. The van der Waals surface area contributed by atoms with Crippen LogP contribution in [0.1, 0.15) is 56.5 Å². The second-order valence-corrected chi connectivity index (χ2v) is 10.8. The van der Waals surface area contributed by atoms with Gasteiger partial charge in [0.1, 0.15) is 11.5 Å². The standard InChI is InChI=1S/C37H43FN4/c1-11-15-33(30-17-24(7)18-31(38)19-30)34-22-36(40-26(34)9)37-35(27(10)41-42-37)21-29(13-3)28(12-2)20-32(14-4)39-25(8)16-23(5)6/h11-15,17-23,39-41H,1,4,8,10,16H2,2-3,5-7,9H3/b28-12+,29-13+,32-20+,33-15-,35-21+. The Kier molecular flexibility index (Phi) is 10.9. The maximum atomic E-state index is 14.3. The summed E-state index contributed by atoms with van der Waals surface area (Å²) in [6, 6.07) is 7.09. The van der Waals surface area contributed by atoms with Gasteiger partial charge in [0.25, 0.3) is 0 Å². The van der Waals surface area contributed by atoms with Crippen molar-refractivity contribution in [3.8, 4) is 11.4 Å². The minimum absolute atomic E-state index is 0.272. The molecule has 42 heavy (non-hydrogen) atoms. The van der Waals surface area contributed by atoms with E-state index in [1.165, 1.54) is 6.07 Å². The second-order valence-electron chi connectivity index (χ2n) is 10.8. The van der Waals surface area contributed by atoms with Crippen molar-refractivity contribution < 1.29 is 4.39 Å². The fraction of sp³-hybridized carbons (Fsp3) is 0.216. The molecule has 0 aliphatic rings. The first-order valence-electron chi connectivity index (χ1n) is 14.2. The van der Waals surface area contributed by atoms with Crippen LogP contribution in [-0.2, 0) is 0 Å². The van der Waals surface area contributed by atoms with Crippen LogP contribution in [0.25, 0.3) is 29.6 Å². The fourth-order valence-electron chi connectivity index (χ4n) is 4.95. The first kappa shape index (κ1) is 31.9. The molecule has 0 fully saturated rings. The zero-order chi connectivity index (χ0) is 31.0. The van der Waals surface area contributed by atoms with Crippen molar-refractivity contribution in [3.05, 3.63) is 142 Å². The van der Waals surface area contributed by atoms with E-state index in [-0.39, 0.29) is 5.82 Å². The predicted octanol–water partition coefficient (Wildman–Crippen LogP) is 8.08. The Bertz CT molecular complexity index is 1700. The van der Waals surface area contributed by atoms with E-state index < -0.39 is 0 Å². The zero-order valence-electron chi connectivity index (χ0n) is 25.8. The lowest BCUT2D eigenvalue weighted by molar-refractivity contribution is 0.622. The van der Waals surface area contributed by atoms with Crippen molar-refractivity contribution in [2.45, 2.75) is 48.0 Å². The minimum atomic E-state index is -0.272. The van der Waals surface area contributed by atoms with Gasteiger partial charge in [0, 0.05) is 27.9 Å². The lowest BCUT2D eigenvalue weighted by Gasteiger charge is -2.13. The van der Waals surface area contributed by atoms with Crippen LogP contribution >= 0.6 is 0 Å². The molecule has 3 rings (SSSR count). The van der Waals surface area contributed by atoms with Crippen LogP contribution in [0.5, 0.6) is 0 Å². The average molecular weight is 563 g/mol. The van der Waals surface area contributed by atoms with Crippen LogP contribution < -0.4 is 15.9 Å². The number of hydrogen-bond donors (Lipinski definition) is 3. The topological polar surface area (TPSA) is 56.5 Å². The quantitative estimate of drug-likeness (QED) is 0.196. The SMILES string of the molecule is C=C/C=C(/c1cc(C)cc(F)c1)c1cc(-c2n[nH]c(=C)\c2=C/C(=C\C)C(/C=C(\C=C)NC(=C)CC(C)C)=C/C)[nH]c1C. The maximum absolute atomic E-state index is 14.3. The summed E-state index contributed by atoms with van der Waals surface area (Å²) in [6.07, 6.45) is 14.6. The van der Waals surface area contributed by atoms with Crippen molar-refractivity contribution in [2.24, 2.45) is 5.92 Å². The molecule has 2 heterocycles. The summed E-state index contributed by atoms with van der Waals surface area (Å²) in [4.78, 5) is 3.49. The molecular formula is C37H43FN4. The van der Waals surface area contributed by atoms with Crippen LogP contribution in [0.4, 0.5) is 4.39 Å². The van der Waals surface area contributed by atoms with E-state index in [0.29, 0.717) is 11.3 Å². The Morgan fingerprint density at radius 1 is 1.07 bits per heavy atom. The van der Waals surface area contributed by atoms with E-state index in [0.717, 1.165) is 73.5 Å². The minimum Gasteiger partial charge on any atom is -0.359 e. The van der Waals surface area contributed by atoms with Crippen LogP contribution in [0, 0.1) is 25.6 Å². The highest BCUT2D eigenvalue weighted by atomic mass is 19.1. The molecule has 0 spiro atoms. The van der Waals surface area contributed by atoms with Crippen LogP contribution in [0.2, 0.25) is 0 Å². The van der Waals surface area contributed by atoms with E-state index in [1.807, 2.05) is 45.9 Å². The zero-order valence-corrected chi connectivity index (χ0v) is 25.8. The number of aryl methyl sites for hydroxylation is 2. The normalized spacial score (nSPS) is 13.6. The third-order valence-electron chi connectivity index (χ3n) is 6.84. The average Bonchev–Trinajstić information content (AvgIpc) is 3.48. The molecule has 0 aliphatic heterocycles. The number of aromatic nitrogens is 3. The molecule has 218 valence electrons. The number of benzene rings is 1. The number of rotatable bonds is 12. The van der Waals surface area contributed by atoms with Gasteiger partial charge in [-0.15, -0.1) is 0 Å². The summed E-state index contributed by atoms with van der Waals surface area (Å²) in [7, 11) is 0. The highest BCUT2D eigenvalue weighted by molar-refractivity contribution is 5.84. The molecule has 3 aromatic rings. The molecule has 0 unspecified atom stereocenters. The Balaban J connectivity index is 2.08. The van der Waals surface area contributed by atoms with Crippen LogP contribution in [-0.4, -0.2) is 15.2 Å². The van der Waals surface area contributed by atoms with Crippen molar-refractivity contribution in [3.63, 3.8) is 0 Å². The summed E-state index contributed by atoms with van der Waals surface area (Å²) in [5, 5.41) is 12.6. The van der Waals surface area contributed by atoms with Crippen LogP contribution in [0.15, 0.2) is 103 Å². The van der Waals surface area contributed by atoms with E-state index in [9.17, 15) is 4.39 Å². The molecule has 3 N–H and O–H groups in total. The Labute approximate surface area is 249 Å². The lowest BCUT2D eigenvalue weighted by atomic mass is 9.96. The first-order valence-corrected chi connectivity index (χ1v) is 14.2. The summed E-state index contributed by atoms with van der Waals surface area (Å²) in [6.45, 7) is 28.5. The van der Waals surface area contributed by atoms with Crippen molar-refractivity contribution >= 4 is 18.2 Å². The van der Waals surface area contributed by atoms with Crippen molar-refractivity contribution in [2.75, 3.05) is 0 Å². The fourth-order valence-corrected chi connectivity index (χ4v) is 4.95. The van der Waals surface area contributed by atoms with Gasteiger partial charge in [-0.25, -0.2) is 4.39 Å². The number of hydrogen-bond acceptors (Lipinski definition) is 2. The molecule has 0 bridgehead atoms. The van der Waals surface area contributed by atoms with Gasteiger partial charge in [-0.05, 0) is 104 Å². The Morgan fingerprint density at radius 2 is 1.79 bits per heavy atom. The van der Waals surface area contributed by atoms with Gasteiger partial charge in [-0.3, -0.25) is 5.10 Å². The summed E-state index contributed by atoms with van der Waals surface area (Å²) >= 11 is 0. The van der Waals surface area contributed by atoms with Gasteiger partial charge < -0.3 is 10.3 Å². The molecule has 0 atom stereocenters. The molecule has 0 radical (unpaired) electrons. The summed E-state index contributed by atoms with van der Waals surface area (Å²) in [5.41, 5.74) is 9.82. The highest BCUT2D eigenvalue weighted by Gasteiger charge is 2.16. The van der Waals surface area contributed by atoms with Gasteiger partial charge in [-0.2, -0.15) is 5.10 Å². The maximum Gasteiger partial charge on any atom is 0.124 e. The van der Waals surface area contributed by atoms with Gasteiger partial charge in [0.2, 0.25) is 0 Å². The van der Waals surface area contributed by atoms with E-state index in [1.54, 1.807) is 18.2 Å². The van der Waals surface area contributed by atoms with Gasteiger partial charge >= 0.3 is 0 Å². The van der Waals surface area contributed by atoms with E-state index in [2.05, 4.69) is 85.0 Å². The third kappa shape index (κ3) is 7.76. The number of nitrogens with one attached hydrogen (secondary N) is 3. The highest BCUT2D eigenvalue weighted by Crippen LogP contribution is 2.30. The monoisotopic (exact) mass is 562 g/mol. The van der Waals surface area contributed by atoms with E-state index in [4.69, 9.17) is 0 Å². The largest absolute Gasteiger partial charge is 0.359 e. The molecule has 0 saturated carbocycles. The molecule has 0 aliphatic carbocycles. The third-order valence-corrected chi connectivity index (χ3v) is 6.84. The Hall–Kier alpha value is -4.64. The molecule has 0 saturated heterocycles. The predicted molar refractivity (Wildman–Crippen MR) is 178 cm³/mol. The lowest BCUT2D eigenvalue weighted by Crippen LogP contribution is -2.22. The number of nitrogens with zero attached hydrogens (tertiary/aromatic N) is 1. The van der Waals surface area contributed by atoms with Gasteiger partial charge in [0.15, 0.2) is 0 Å². The van der Waals surface area contributed by atoms with E-state index >= 15 is 0 Å². The Morgan fingerprint density at radius 3 is 2.38 bits per heavy atom. The number of aromatic amines is 2. The smallest absolute Gasteiger partial charge is 0.124 e. The molecule has 4 nitrogen and oxygen atoms in total. The summed E-state index contributed by atoms with van der Waals surface area (Å²) < 4.78 is 14.3. The number of H-pyrrole nitrogens is 2. The van der Waals surface area contributed by atoms with Gasteiger partial charge in [-0.1, -0.05) is 70.5 Å².